The zero-order valence-corrected chi connectivity index (χ0v) is 12.4. The van der Waals surface area contributed by atoms with Crippen LogP contribution in [-0.2, 0) is 0 Å². The van der Waals surface area contributed by atoms with E-state index in [0.29, 0.717) is 11.8 Å². The monoisotopic (exact) mass is 332 g/mol. The molecule has 16 heavy (non-hydrogen) atoms. The molecule has 1 aromatic carbocycles. The molecule has 1 rings (SSSR count). The molecule has 0 fully saturated rings. The van der Waals surface area contributed by atoms with Gasteiger partial charge in [0, 0.05) is 15.8 Å². The highest BCUT2D eigenvalue weighted by molar-refractivity contribution is 14.1. The molecular formula is C13H21IN2. The molecule has 2 nitrogen and oxygen atoms in total. The van der Waals surface area contributed by atoms with Gasteiger partial charge in [-0.2, -0.15) is 0 Å². The molecule has 0 spiro atoms. The van der Waals surface area contributed by atoms with Crippen LogP contribution in [0.2, 0.25) is 0 Å². The first-order valence-electron chi connectivity index (χ1n) is 5.74. The Morgan fingerprint density at radius 1 is 1.38 bits per heavy atom. The highest BCUT2D eigenvalue weighted by Crippen LogP contribution is 2.18. The first kappa shape index (κ1) is 13.8. The van der Waals surface area contributed by atoms with Crippen LogP contribution in [0.4, 0.5) is 5.69 Å². The van der Waals surface area contributed by atoms with Crippen LogP contribution in [0.15, 0.2) is 18.2 Å². The van der Waals surface area contributed by atoms with E-state index in [1.165, 1.54) is 14.8 Å². The molecule has 0 aliphatic carbocycles. The van der Waals surface area contributed by atoms with Crippen molar-refractivity contribution in [3.8, 4) is 0 Å². The minimum absolute atomic E-state index is 0.541. The lowest BCUT2D eigenvalue weighted by molar-refractivity contribution is 0.413. The van der Waals surface area contributed by atoms with Crippen LogP contribution in [-0.4, -0.2) is 13.1 Å². The maximum absolute atomic E-state index is 5.75. The highest BCUT2D eigenvalue weighted by atomic mass is 127. The molecule has 1 aromatic rings. The Hall–Kier alpha value is -0.290. The summed E-state index contributed by atoms with van der Waals surface area (Å²) < 4.78 is 1.30. The summed E-state index contributed by atoms with van der Waals surface area (Å²) in [6, 6.07) is 6.46. The fraction of sp³-hybridized carbons (Fsp3) is 0.538. The summed E-state index contributed by atoms with van der Waals surface area (Å²) in [5, 5.41) is 3.46. The van der Waals surface area contributed by atoms with Gasteiger partial charge in [0.05, 0.1) is 0 Å². The summed E-state index contributed by atoms with van der Waals surface area (Å²) >= 11 is 2.36. The molecule has 90 valence electrons. The average molecular weight is 332 g/mol. The summed E-state index contributed by atoms with van der Waals surface area (Å²) in [4.78, 5) is 0. The van der Waals surface area contributed by atoms with Gasteiger partial charge in [0.1, 0.15) is 0 Å². The number of hydrogen-bond donors (Lipinski definition) is 2. The van der Waals surface area contributed by atoms with E-state index >= 15 is 0 Å². The number of nitrogens with one attached hydrogen (secondary N) is 1. The molecule has 0 heterocycles. The number of aryl methyl sites for hydroxylation is 1. The van der Waals surface area contributed by atoms with E-state index in [-0.39, 0.29) is 0 Å². The van der Waals surface area contributed by atoms with Crippen molar-refractivity contribution in [2.45, 2.75) is 20.8 Å². The quantitative estimate of drug-likeness (QED) is 0.813. The van der Waals surface area contributed by atoms with Crippen LogP contribution in [0.5, 0.6) is 0 Å². The normalized spacial score (nSPS) is 12.9. The Balaban J connectivity index is 2.57. The number of hydrogen-bond acceptors (Lipinski definition) is 2. The second-order valence-corrected chi connectivity index (χ2v) is 5.75. The molecule has 0 bridgehead atoms. The Labute approximate surface area is 112 Å². The number of anilines is 1. The lowest BCUT2D eigenvalue weighted by Gasteiger charge is -2.20. The highest BCUT2D eigenvalue weighted by Gasteiger charge is 2.10. The van der Waals surface area contributed by atoms with Crippen molar-refractivity contribution in [3.05, 3.63) is 27.3 Å². The lowest BCUT2D eigenvalue weighted by atomic mass is 9.96. The van der Waals surface area contributed by atoms with Gasteiger partial charge in [-0.25, -0.2) is 0 Å². The molecule has 0 saturated heterocycles. The molecule has 1 atom stereocenters. The standard InChI is InChI=1S/C13H21IN2/c1-9(2)11(7-15)8-16-12-5-4-10(3)13(14)6-12/h4-6,9,11,16H,7-8,15H2,1-3H3. The van der Waals surface area contributed by atoms with Crippen molar-refractivity contribution in [3.63, 3.8) is 0 Å². The molecular weight excluding hydrogens is 311 g/mol. The number of rotatable bonds is 5. The van der Waals surface area contributed by atoms with Crippen LogP contribution in [0.3, 0.4) is 0 Å². The van der Waals surface area contributed by atoms with Crippen LogP contribution in [0.25, 0.3) is 0 Å². The summed E-state index contributed by atoms with van der Waals surface area (Å²) in [6.45, 7) is 8.26. The minimum atomic E-state index is 0.541. The number of benzene rings is 1. The predicted molar refractivity (Wildman–Crippen MR) is 79.8 cm³/mol. The maximum Gasteiger partial charge on any atom is 0.0351 e. The number of nitrogens with two attached hydrogens (primary N) is 1. The second-order valence-electron chi connectivity index (χ2n) is 4.58. The van der Waals surface area contributed by atoms with Crippen LogP contribution >= 0.6 is 22.6 Å². The van der Waals surface area contributed by atoms with Crippen molar-refractivity contribution < 1.29 is 0 Å². The molecule has 0 radical (unpaired) electrons. The average Bonchev–Trinajstić information content (AvgIpc) is 2.23. The van der Waals surface area contributed by atoms with Crippen LogP contribution < -0.4 is 11.1 Å². The molecule has 0 aromatic heterocycles. The SMILES string of the molecule is Cc1ccc(NCC(CN)C(C)C)cc1I. The van der Waals surface area contributed by atoms with Crippen molar-refractivity contribution in [1.82, 2.24) is 0 Å². The molecule has 3 heteroatoms. The summed E-state index contributed by atoms with van der Waals surface area (Å²) in [5.41, 5.74) is 8.26. The first-order chi connectivity index (χ1) is 7.54. The third-order valence-corrected chi connectivity index (χ3v) is 4.15. The van der Waals surface area contributed by atoms with Gasteiger partial charge < -0.3 is 11.1 Å². The van der Waals surface area contributed by atoms with Crippen molar-refractivity contribution in [1.29, 1.82) is 0 Å². The van der Waals surface area contributed by atoms with Crippen molar-refractivity contribution in [2.24, 2.45) is 17.6 Å². The largest absolute Gasteiger partial charge is 0.385 e. The Morgan fingerprint density at radius 3 is 2.56 bits per heavy atom. The van der Waals surface area contributed by atoms with Gasteiger partial charge in [-0.05, 0) is 65.6 Å². The fourth-order valence-electron chi connectivity index (χ4n) is 1.54. The van der Waals surface area contributed by atoms with E-state index in [0.717, 1.165) is 13.1 Å². The summed E-state index contributed by atoms with van der Waals surface area (Å²) in [5.74, 6) is 1.17. The topological polar surface area (TPSA) is 38.0 Å². The van der Waals surface area contributed by atoms with E-state index in [1.54, 1.807) is 0 Å². The maximum atomic E-state index is 5.75. The van der Waals surface area contributed by atoms with Gasteiger partial charge in [-0.1, -0.05) is 19.9 Å². The lowest BCUT2D eigenvalue weighted by Crippen LogP contribution is -2.27. The molecule has 0 aliphatic heterocycles. The minimum Gasteiger partial charge on any atom is -0.385 e. The van der Waals surface area contributed by atoms with E-state index in [2.05, 4.69) is 66.9 Å². The van der Waals surface area contributed by atoms with E-state index < -0.39 is 0 Å². The van der Waals surface area contributed by atoms with E-state index in [1.807, 2.05) is 0 Å². The van der Waals surface area contributed by atoms with Crippen LogP contribution in [0.1, 0.15) is 19.4 Å². The Bertz CT molecular complexity index is 337. The third kappa shape index (κ3) is 3.94. The zero-order valence-electron chi connectivity index (χ0n) is 10.3. The van der Waals surface area contributed by atoms with Gasteiger partial charge in [0.2, 0.25) is 0 Å². The third-order valence-electron chi connectivity index (χ3n) is 2.99. The Morgan fingerprint density at radius 2 is 2.06 bits per heavy atom. The van der Waals surface area contributed by atoms with E-state index in [9.17, 15) is 0 Å². The molecule has 1 unspecified atom stereocenters. The van der Waals surface area contributed by atoms with Crippen molar-refractivity contribution in [2.75, 3.05) is 18.4 Å². The van der Waals surface area contributed by atoms with Gasteiger partial charge in [0.25, 0.3) is 0 Å². The smallest absolute Gasteiger partial charge is 0.0351 e. The molecule has 0 saturated carbocycles. The molecule has 0 amide bonds. The molecule has 0 aliphatic rings. The van der Waals surface area contributed by atoms with Gasteiger partial charge in [-0.15, -0.1) is 0 Å². The summed E-state index contributed by atoms with van der Waals surface area (Å²) in [6.07, 6.45) is 0. The van der Waals surface area contributed by atoms with Gasteiger partial charge in [0.15, 0.2) is 0 Å². The summed E-state index contributed by atoms with van der Waals surface area (Å²) in [7, 11) is 0. The second kappa shape index (κ2) is 6.45. The van der Waals surface area contributed by atoms with Gasteiger partial charge >= 0.3 is 0 Å². The van der Waals surface area contributed by atoms with Crippen molar-refractivity contribution >= 4 is 28.3 Å². The predicted octanol–water partition coefficient (Wildman–Crippen LogP) is 3.24. The molecule has 3 N–H and O–H groups in total. The fourth-order valence-corrected chi connectivity index (χ4v) is 2.06. The van der Waals surface area contributed by atoms with Gasteiger partial charge in [-0.3, -0.25) is 0 Å². The van der Waals surface area contributed by atoms with Crippen LogP contribution in [0, 0.1) is 22.3 Å². The number of halogens is 1. The first-order valence-corrected chi connectivity index (χ1v) is 6.82. The van der Waals surface area contributed by atoms with E-state index in [4.69, 9.17) is 5.73 Å². The zero-order chi connectivity index (χ0) is 12.1. The Kier molecular flexibility index (Phi) is 5.55.